The number of hydrogen-bond donors (Lipinski definition) is 2. The molecule has 4 nitrogen and oxygen atoms in total. The Hall–Kier alpha value is -1.07. The molecule has 0 saturated carbocycles. The second-order valence-corrected chi connectivity index (χ2v) is 6.77. The predicted octanol–water partition coefficient (Wildman–Crippen LogP) is 2.96. The molecule has 0 bridgehead atoms. The SMILES string of the molecule is CC(C)Oc1cc(Br)ccc1C(=O)NC1CNCCC1C. The van der Waals surface area contributed by atoms with Crippen LogP contribution in [0.15, 0.2) is 22.7 Å². The van der Waals surface area contributed by atoms with E-state index in [9.17, 15) is 4.79 Å². The summed E-state index contributed by atoms with van der Waals surface area (Å²) in [6.07, 6.45) is 1.11. The van der Waals surface area contributed by atoms with Crippen molar-refractivity contribution in [3.63, 3.8) is 0 Å². The summed E-state index contributed by atoms with van der Waals surface area (Å²) in [6.45, 7) is 7.93. The predicted molar refractivity (Wildman–Crippen MR) is 87.8 cm³/mol. The monoisotopic (exact) mass is 354 g/mol. The highest BCUT2D eigenvalue weighted by Gasteiger charge is 2.24. The van der Waals surface area contributed by atoms with Gasteiger partial charge >= 0.3 is 0 Å². The van der Waals surface area contributed by atoms with Gasteiger partial charge in [0.05, 0.1) is 11.7 Å². The lowest BCUT2D eigenvalue weighted by Crippen LogP contribution is -2.50. The van der Waals surface area contributed by atoms with E-state index in [1.807, 2.05) is 26.0 Å². The van der Waals surface area contributed by atoms with Crippen molar-refractivity contribution in [2.24, 2.45) is 5.92 Å². The van der Waals surface area contributed by atoms with Gasteiger partial charge in [0, 0.05) is 17.1 Å². The molecule has 1 aliphatic rings. The summed E-state index contributed by atoms with van der Waals surface area (Å²) in [4.78, 5) is 12.5. The lowest BCUT2D eigenvalue weighted by Gasteiger charge is -2.30. The molecule has 2 unspecified atom stereocenters. The van der Waals surface area contributed by atoms with Crippen LogP contribution in [0.1, 0.15) is 37.6 Å². The van der Waals surface area contributed by atoms with Crippen molar-refractivity contribution in [3.05, 3.63) is 28.2 Å². The standard InChI is InChI=1S/C16H23BrN2O2/c1-10(2)21-15-8-12(17)4-5-13(15)16(20)19-14-9-18-7-6-11(14)3/h4-5,8,10-11,14,18H,6-7,9H2,1-3H3,(H,19,20). The van der Waals surface area contributed by atoms with Gasteiger partial charge in [0.1, 0.15) is 5.75 Å². The molecule has 5 heteroatoms. The zero-order valence-corrected chi connectivity index (χ0v) is 14.4. The molecular formula is C16H23BrN2O2. The van der Waals surface area contributed by atoms with Gasteiger partial charge in [0.2, 0.25) is 0 Å². The second-order valence-electron chi connectivity index (χ2n) is 5.86. The summed E-state index contributed by atoms with van der Waals surface area (Å²) >= 11 is 3.42. The molecule has 1 aliphatic heterocycles. The summed E-state index contributed by atoms with van der Waals surface area (Å²) in [6, 6.07) is 5.68. The Kier molecular flexibility index (Phi) is 5.65. The first-order chi connectivity index (χ1) is 9.97. The quantitative estimate of drug-likeness (QED) is 0.873. The molecule has 1 amide bonds. The maximum absolute atomic E-state index is 12.5. The van der Waals surface area contributed by atoms with Crippen LogP contribution in [0, 0.1) is 5.92 Å². The fourth-order valence-electron chi connectivity index (χ4n) is 2.46. The van der Waals surface area contributed by atoms with E-state index in [1.54, 1.807) is 6.07 Å². The van der Waals surface area contributed by atoms with Crippen LogP contribution in [-0.4, -0.2) is 31.1 Å². The average Bonchev–Trinajstić information content (AvgIpc) is 2.40. The van der Waals surface area contributed by atoms with Crippen LogP contribution in [0.25, 0.3) is 0 Å². The van der Waals surface area contributed by atoms with Gasteiger partial charge in [-0.25, -0.2) is 0 Å². The van der Waals surface area contributed by atoms with Crippen molar-refractivity contribution in [3.8, 4) is 5.75 Å². The Morgan fingerprint density at radius 3 is 2.90 bits per heavy atom. The number of amides is 1. The van der Waals surface area contributed by atoms with Gasteiger partial charge in [-0.05, 0) is 50.9 Å². The molecule has 21 heavy (non-hydrogen) atoms. The smallest absolute Gasteiger partial charge is 0.255 e. The third-order valence-electron chi connectivity index (χ3n) is 3.70. The number of rotatable bonds is 4. The number of carbonyl (C=O) groups is 1. The number of hydrogen-bond acceptors (Lipinski definition) is 3. The van der Waals surface area contributed by atoms with E-state index in [0.29, 0.717) is 17.2 Å². The molecule has 0 spiro atoms. The van der Waals surface area contributed by atoms with Crippen LogP contribution in [0.2, 0.25) is 0 Å². The maximum Gasteiger partial charge on any atom is 0.255 e. The number of nitrogens with one attached hydrogen (secondary N) is 2. The molecule has 1 aromatic carbocycles. The topological polar surface area (TPSA) is 50.4 Å². The van der Waals surface area contributed by atoms with E-state index in [-0.39, 0.29) is 18.1 Å². The zero-order chi connectivity index (χ0) is 15.4. The lowest BCUT2D eigenvalue weighted by atomic mass is 9.94. The minimum Gasteiger partial charge on any atom is -0.490 e. The number of benzene rings is 1. The fourth-order valence-corrected chi connectivity index (χ4v) is 2.80. The molecule has 116 valence electrons. The summed E-state index contributed by atoms with van der Waals surface area (Å²) in [7, 11) is 0. The van der Waals surface area contributed by atoms with Crippen LogP contribution >= 0.6 is 15.9 Å². The van der Waals surface area contributed by atoms with Gasteiger partial charge in [-0.2, -0.15) is 0 Å². The van der Waals surface area contributed by atoms with Gasteiger partial charge in [0.25, 0.3) is 5.91 Å². The van der Waals surface area contributed by atoms with Crippen LogP contribution in [0.3, 0.4) is 0 Å². The number of carbonyl (C=O) groups excluding carboxylic acids is 1. The van der Waals surface area contributed by atoms with Gasteiger partial charge in [-0.15, -0.1) is 0 Å². The fraction of sp³-hybridized carbons (Fsp3) is 0.562. The third-order valence-corrected chi connectivity index (χ3v) is 4.19. The van der Waals surface area contributed by atoms with Crippen molar-refractivity contribution >= 4 is 21.8 Å². The summed E-state index contributed by atoms with van der Waals surface area (Å²) < 4.78 is 6.66. The Bertz CT molecular complexity index is 505. The van der Waals surface area contributed by atoms with E-state index in [0.717, 1.165) is 24.0 Å². The minimum absolute atomic E-state index is 0.0288. The van der Waals surface area contributed by atoms with Gasteiger partial charge in [-0.1, -0.05) is 22.9 Å². The van der Waals surface area contributed by atoms with Gasteiger partial charge < -0.3 is 15.4 Å². The normalized spacial score (nSPS) is 22.1. The second kappa shape index (κ2) is 7.27. The molecule has 2 rings (SSSR count). The highest BCUT2D eigenvalue weighted by atomic mass is 79.9. The third kappa shape index (κ3) is 4.45. The summed E-state index contributed by atoms with van der Waals surface area (Å²) in [5.74, 6) is 1.03. The van der Waals surface area contributed by atoms with E-state index in [2.05, 4.69) is 33.5 Å². The first kappa shape index (κ1) is 16.3. The number of ether oxygens (including phenoxy) is 1. The van der Waals surface area contributed by atoms with E-state index in [4.69, 9.17) is 4.74 Å². The van der Waals surface area contributed by atoms with E-state index in [1.165, 1.54) is 0 Å². The number of halogens is 1. The Balaban J connectivity index is 2.14. The van der Waals surface area contributed by atoms with Crippen molar-refractivity contribution in [2.45, 2.75) is 39.3 Å². The molecule has 0 aromatic heterocycles. The van der Waals surface area contributed by atoms with Crippen LogP contribution < -0.4 is 15.4 Å². The van der Waals surface area contributed by atoms with Gasteiger partial charge in [0.15, 0.2) is 0 Å². The zero-order valence-electron chi connectivity index (χ0n) is 12.8. The minimum atomic E-state index is -0.0706. The Labute approximate surface area is 134 Å². The molecule has 0 radical (unpaired) electrons. The Morgan fingerprint density at radius 1 is 1.48 bits per heavy atom. The van der Waals surface area contributed by atoms with Crippen molar-refractivity contribution in [1.82, 2.24) is 10.6 Å². The van der Waals surface area contributed by atoms with Gasteiger partial charge in [-0.3, -0.25) is 4.79 Å². The van der Waals surface area contributed by atoms with Crippen LogP contribution in [-0.2, 0) is 0 Å². The van der Waals surface area contributed by atoms with Crippen LogP contribution in [0.5, 0.6) is 5.75 Å². The molecule has 1 heterocycles. The summed E-state index contributed by atoms with van der Waals surface area (Å²) in [5, 5.41) is 6.45. The molecule has 1 saturated heterocycles. The molecule has 1 aromatic rings. The maximum atomic E-state index is 12.5. The largest absolute Gasteiger partial charge is 0.490 e. The number of piperidine rings is 1. The molecule has 2 atom stereocenters. The Morgan fingerprint density at radius 2 is 2.24 bits per heavy atom. The molecular weight excluding hydrogens is 332 g/mol. The average molecular weight is 355 g/mol. The van der Waals surface area contributed by atoms with Crippen molar-refractivity contribution in [1.29, 1.82) is 0 Å². The first-order valence-electron chi connectivity index (χ1n) is 7.45. The molecule has 1 fully saturated rings. The lowest BCUT2D eigenvalue weighted by molar-refractivity contribution is 0.0909. The highest BCUT2D eigenvalue weighted by Crippen LogP contribution is 2.25. The van der Waals surface area contributed by atoms with Crippen molar-refractivity contribution in [2.75, 3.05) is 13.1 Å². The molecule has 2 N–H and O–H groups in total. The summed E-state index contributed by atoms with van der Waals surface area (Å²) in [5.41, 5.74) is 0.588. The molecule has 0 aliphatic carbocycles. The van der Waals surface area contributed by atoms with E-state index >= 15 is 0 Å². The highest BCUT2D eigenvalue weighted by molar-refractivity contribution is 9.10. The first-order valence-corrected chi connectivity index (χ1v) is 8.24. The van der Waals surface area contributed by atoms with Crippen molar-refractivity contribution < 1.29 is 9.53 Å². The van der Waals surface area contributed by atoms with E-state index < -0.39 is 0 Å². The van der Waals surface area contributed by atoms with Crippen LogP contribution in [0.4, 0.5) is 0 Å².